The summed E-state index contributed by atoms with van der Waals surface area (Å²) in [6.45, 7) is 4.06. The van der Waals surface area contributed by atoms with E-state index in [-0.39, 0.29) is 11.3 Å². The molecule has 4 aliphatic rings. The van der Waals surface area contributed by atoms with Crippen LogP contribution in [-0.2, 0) is 4.79 Å². The van der Waals surface area contributed by atoms with Gasteiger partial charge in [-0.2, -0.15) is 0 Å². The Morgan fingerprint density at radius 3 is 2.05 bits per heavy atom. The fraction of sp³-hybridized carbons (Fsp3) is 0.526. The van der Waals surface area contributed by atoms with Crippen molar-refractivity contribution in [2.75, 3.05) is 0 Å². The van der Waals surface area contributed by atoms with Gasteiger partial charge in [0.15, 0.2) is 0 Å². The second-order valence-electron chi connectivity index (χ2n) is 7.50. The van der Waals surface area contributed by atoms with E-state index in [1.54, 1.807) is 0 Å². The molecule has 0 saturated heterocycles. The summed E-state index contributed by atoms with van der Waals surface area (Å²) in [7, 11) is 0. The van der Waals surface area contributed by atoms with Gasteiger partial charge in [0.25, 0.3) is 0 Å². The molecule has 2 heteroatoms. The van der Waals surface area contributed by atoms with Crippen molar-refractivity contribution in [1.82, 2.24) is 5.32 Å². The van der Waals surface area contributed by atoms with E-state index in [4.69, 9.17) is 0 Å². The molecule has 1 N–H and O–H groups in total. The molecule has 0 aromatic heterocycles. The summed E-state index contributed by atoms with van der Waals surface area (Å²) in [4.78, 5) is 12.9. The molecule has 0 heterocycles. The number of carbonyl (C=O) groups is 1. The molecule has 0 unspecified atom stereocenters. The third-order valence-corrected chi connectivity index (χ3v) is 5.91. The molecule has 0 aliphatic heterocycles. The van der Waals surface area contributed by atoms with E-state index < -0.39 is 0 Å². The smallest absolute Gasteiger partial charge is 0.230 e. The Morgan fingerprint density at radius 1 is 1.00 bits per heavy atom. The third kappa shape index (κ3) is 2.21. The quantitative estimate of drug-likeness (QED) is 0.891. The van der Waals surface area contributed by atoms with Crippen LogP contribution in [0.3, 0.4) is 0 Å². The fourth-order valence-corrected chi connectivity index (χ4v) is 5.37. The van der Waals surface area contributed by atoms with Crippen molar-refractivity contribution >= 4 is 11.6 Å². The summed E-state index contributed by atoms with van der Waals surface area (Å²) in [5.41, 5.74) is 1.67. The first-order valence-corrected chi connectivity index (χ1v) is 8.20. The number of hydrogen-bond acceptors (Lipinski definition) is 1. The molecule has 1 amide bonds. The Morgan fingerprint density at radius 2 is 1.52 bits per heavy atom. The van der Waals surface area contributed by atoms with E-state index in [0.29, 0.717) is 0 Å². The topological polar surface area (TPSA) is 29.1 Å². The summed E-state index contributed by atoms with van der Waals surface area (Å²) < 4.78 is 0. The molecule has 2 nitrogen and oxygen atoms in total. The number of carbonyl (C=O) groups excluding carboxylic acids is 1. The van der Waals surface area contributed by atoms with Gasteiger partial charge < -0.3 is 5.32 Å². The minimum Gasteiger partial charge on any atom is -0.326 e. The molecule has 4 aliphatic carbocycles. The Kier molecular flexibility index (Phi) is 2.95. The second-order valence-corrected chi connectivity index (χ2v) is 7.50. The highest BCUT2D eigenvalue weighted by atomic mass is 16.2. The van der Waals surface area contributed by atoms with Crippen LogP contribution in [-0.4, -0.2) is 5.91 Å². The van der Waals surface area contributed by atoms with Crippen LogP contribution in [0.25, 0.3) is 5.70 Å². The molecular formula is C19H23NO. The van der Waals surface area contributed by atoms with Gasteiger partial charge in [-0.1, -0.05) is 36.9 Å². The number of benzene rings is 1. The summed E-state index contributed by atoms with van der Waals surface area (Å²) in [5.74, 6) is 2.63. The number of rotatable bonds is 3. The number of hydrogen-bond donors (Lipinski definition) is 1. The van der Waals surface area contributed by atoms with Crippen molar-refractivity contribution in [2.45, 2.75) is 38.5 Å². The molecule has 110 valence electrons. The van der Waals surface area contributed by atoms with Crippen LogP contribution in [0.1, 0.15) is 44.1 Å². The van der Waals surface area contributed by atoms with Crippen molar-refractivity contribution in [3.63, 3.8) is 0 Å². The van der Waals surface area contributed by atoms with Gasteiger partial charge in [-0.3, -0.25) is 4.79 Å². The van der Waals surface area contributed by atoms with Crippen molar-refractivity contribution in [2.24, 2.45) is 23.2 Å². The lowest BCUT2D eigenvalue weighted by atomic mass is 9.49. The van der Waals surface area contributed by atoms with Crippen molar-refractivity contribution in [3.8, 4) is 0 Å². The summed E-state index contributed by atoms with van der Waals surface area (Å²) in [6.07, 6.45) is 7.41. The van der Waals surface area contributed by atoms with Crippen molar-refractivity contribution in [1.29, 1.82) is 0 Å². The molecule has 1 aromatic rings. The molecule has 0 radical (unpaired) electrons. The summed E-state index contributed by atoms with van der Waals surface area (Å²) in [6, 6.07) is 9.96. The van der Waals surface area contributed by atoms with Crippen molar-refractivity contribution in [3.05, 3.63) is 42.5 Å². The van der Waals surface area contributed by atoms with Crippen LogP contribution in [0, 0.1) is 23.2 Å². The lowest BCUT2D eigenvalue weighted by Crippen LogP contribution is -2.53. The SMILES string of the molecule is C=C(NC(=O)C12CC3CC(CC(C3)C1)C2)c1ccccc1. The van der Waals surface area contributed by atoms with Crippen LogP contribution in [0.4, 0.5) is 0 Å². The molecule has 21 heavy (non-hydrogen) atoms. The van der Waals surface area contributed by atoms with Crippen LogP contribution in [0.2, 0.25) is 0 Å². The first-order valence-electron chi connectivity index (χ1n) is 8.20. The van der Waals surface area contributed by atoms with Gasteiger partial charge >= 0.3 is 0 Å². The fourth-order valence-electron chi connectivity index (χ4n) is 5.37. The van der Waals surface area contributed by atoms with Crippen molar-refractivity contribution < 1.29 is 4.79 Å². The minimum absolute atomic E-state index is 0.0908. The zero-order valence-electron chi connectivity index (χ0n) is 12.5. The molecule has 4 bridgehead atoms. The second kappa shape index (κ2) is 4.72. The Hall–Kier alpha value is -1.57. The van der Waals surface area contributed by atoms with Gasteiger partial charge in [-0.25, -0.2) is 0 Å². The van der Waals surface area contributed by atoms with Gasteiger partial charge in [0.05, 0.1) is 5.41 Å². The first kappa shape index (κ1) is 13.1. The maximum Gasteiger partial charge on any atom is 0.230 e. The number of amides is 1. The molecule has 5 rings (SSSR count). The molecule has 4 fully saturated rings. The first-order chi connectivity index (χ1) is 10.1. The van der Waals surface area contributed by atoms with Gasteiger partial charge in [0, 0.05) is 5.70 Å². The molecule has 0 atom stereocenters. The standard InChI is InChI=1S/C19H23NO/c1-13(17-5-3-2-4-6-17)20-18(21)19-10-14-7-15(11-19)9-16(8-14)12-19/h2-6,14-16H,1,7-12H2,(H,20,21). The molecule has 1 aromatic carbocycles. The van der Waals surface area contributed by atoms with Gasteiger partial charge in [-0.15, -0.1) is 0 Å². The van der Waals surface area contributed by atoms with Gasteiger partial charge in [-0.05, 0) is 61.8 Å². The zero-order chi connectivity index (χ0) is 14.4. The maximum absolute atomic E-state index is 12.9. The van der Waals surface area contributed by atoms with Crippen LogP contribution < -0.4 is 5.32 Å². The van der Waals surface area contributed by atoms with E-state index in [1.165, 1.54) is 19.3 Å². The normalized spacial score (nSPS) is 36.5. The molecular weight excluding hydrogens is 258 g/mol. The molecule has 0 spiro atoms. The Balaban J connectivity index is 1.51. The highest BCUT2D eigenvalue weighted by Gasteiger charge is 2.54. The minimum atomic E-state index is -0.0908. The third-order valence-electron chi connectivity index (χ3n) is 5.91. The maximum atomic E-state index is 12.9. The van der Waals surface area contributed by atoms with Gasteiger partial charge in [0.1, 0.15) is 0 Å². The van der Waals surface area contributed by atoms with E-state index in [1.807, 2.05) is 30.3 Å². The molecule has 4 saturated carbocycles. The monoisotopic (exact) mass is 281 g/mol. The van der Waals surface area contributed by atoms with Gasteiger partial charge in [0.2, 0.25) is 5.91 Å². The Labute approximate surface area is 126 Å². The summed E-state index contributed by atoms with van der Waals surface area (Å²) >= 11 is 0. The zero-order valence-corrected chi connectivity index (χ0v) is 12.5. The largest absolute Gasteiger partial charge is 0.326 e. The lowest BCUT2D eigenvalue weighted by Gasteiger charge is -2.55. The van der Waals surface area contributed by atoms with E-state index in [2.05, 4.69) is 11.9 Å². The van der Waals surface area contributed by atoms with E-state index in [0.717, 1.165) is 48.3 Å². The van der Waals surface area contributed by atoms with E-state index >= 15 is 0 Å². The predicted octanol–water partition coefficient (Wildman–Crippen LogP) is 3.99. The summed E-state index contributed by atoms with van der Waals surface area (Å²) in [5, 5.41) is 3.12. The number of nitrogens with one attached hydrogen (secondary N) is 1. The van der Waals surface area contributed by atoms with Crippen LogP contribution in [0.5, 0.6) is 0 Å². The lowest BCUT2D eigenvalue weighted by molar-refractivity contribution is -0.144. The average molecular weight is 281 g/mol. The Bertz CT molecular complexity index is 539. The highest BCUT2D eigenvalue weighted by molar-refractivity contribution is 5.90. The van der Waals surface area contributed by atoms with Crippen LogP contribution in [0.15, 0.2) is 36.9 Å². The predicted molar refractivity (Wildman–Crippen MR) is 84.2 cm³/mol. The highest BCUT2D eigenvalue weighted by Crippen LogP contribution is 2.60. The van der Waals surface area contributed by atoms with Crippen LogP contribution >= 0.6 is 0 Å². The average Bonchev–Trinajstić information content (AvgIpc) is 2.46. The van der Waals surface area contributed by atoms with E-state index in [9.17, 15) is 4.79 Å².